The predicted molar refractivity (Wildman–Crippen MR) is 87.4 cm³/mol. The van der Waals surface area contributed by atoms with Crippen LogP contribution in [0.5, 0.6) is 0 Å². The Kier molecular flexibility index (Phi) is 7.55. The highest BCUT2D eigenvalue weighted by atomic mass is 15.2. The molecule has 0 aliphatic heterocycles. The highest BCUT2D eigenvalue weighted by Gasteiger charge is 2.15. The Morgan fingerprint density at radius 2 is 1.95 bits per heavy atom. The Morgan fingerprint density at radius 3 is 2.55 bits per heavy atom. The molecule has 1 atom stereocenters. The molecule has 1 aromatic heterocycles. The molecule has 0 saturated heterocycles. The Balaban J connectivity index is 2.93. The summed E-state index contributed by atoms with van der Waals surface area (Å²) in [5.41, 5.74) is 1.29. The van der Waals surface area contributed by atoms with E-state index in [0.717, 1.165) is 38.4 Å². The Labute approximate surface area is 124 Å². The minimum atomic E-state index is 0.336. The van der Waals surface area contributed by atoms with Crippen molar-refractivity contribution in [2.75, 3.05) is 45.2 Å². The number of pyridine rings is 1. The quantitative estimate of drug-likeness (QED) is 0.752. The van der Waals surface area contributed by atoms with Gasteiger partial charge in [-0.1, -0.05) is 19.9 Å². The first-order valence-electron chi connectivity index (χ1n) is 7.68. The van der Waals surface area contributed by atoms with Crippen LogP contribution < -0.4 is 10.2 Å². The third-order valence-electron chi connectivity index (χ3n) is 3.40. The molecule has 0 aliphatic rings. The van der Waals surface area contributed by atoms with Crippen molar-refractivity contribution < 1.29 is 0 Å². The van der Waals surface area contributed by atoms with Crippen molar-refractivity contribution in [1.29, 1.82) is 0 Å². The first kappa shape index (κ1) is 16.9. The van der Waals surface area contributed by atoms with E-state index in [2.05, 4.69) is 61.0 Å². The number of rotatable bonds is 9. The summed E-state index contributed by atoms with van der Waals surface area (Å²) in [6, 6.07) is 4.55. The van der Waals surface area contributed by atoms with Gasteiger partial charge in [0.05, 0.1) is 0 Å². The molecule has 0 amide bonds. The van der Waals surface area contributed by atoms with Crippen LogP contribution in [0.2, 0.25) is 0 Å². The maximum Gasteiger partial charge on any atom is 0.133 e. The Bertz CT molecular complexity index is 378. The van der Waals surface area contributed by atoms with E-state index >= 15 is 0 Å². The maximum absolute atomic E-state index is 4.65. The molecule has 1 N–H and O–H groups in total. The zero-order valence-electron chi connectivity index (χ0n) is 13.7. The van der Waals surface area contributed by atoms with Crippen molar-refractivity contribution in [1.82, 2.24) is 15.2 Å². The van der Waals surface area contributed by atoms with Crippen LogP contribution in [0.25, 0.3) is 0 Å². The van der Waals surface area contributed by atoms with Gasteiger partial charge in [-0.25, -0.2) is 4.98 Å². The van der Waals surface area contributed by atoms with Gasteiger partial charge in [0.1, 0.15) is 5.82 Å². The number of aromatic nitrogens is 1. The van der Waals surface area contributed by atoms with Gasteiger partial charge in [-0.2, -0.15) is 0 Å². The van der Waals surface area contributed by atoms with E-state index in [4.69, 9.17) is 0 Å². The van der Waals surface area contributed by atoms with Crippen LogP contribution in [-0.4, -0.2) is 50.2 Å². The van der Waals surface area contributed by atoms with Crippen molar-refractivity contribution >= 4 is 5.82 Å². The van der Waals surface area contributed by atoms with Crippen LogP contribution in [0, 0.1) is 0 Å². The molecule has 0 aromatic carbocycles. The maximum atomic E-state index is 4.65. The first-order chi connectivity index (χ1) is 9.60. The normalized spacial score (nSPS) is 12.7. The Morgan fingerprint density at radius 1 is 1.20 bits per heavy atom. The molecule has 1 unspecified atom stereocenters. The number of hydrogen-bond donors (Lipinski definition) is 1. The molecule has 4 heteroatoms. The van der Waals surface area contributed by atoms with E-state index in [0.29, 0.717) is 6.04 Å². The molecule has 1 heterocycles. The topological polar surface area (TPSA) is 31.4 Å². The summed E-state index contributed by atoms with van der Waals surface area (Å²) in [6.07, 6.45) is 3.04. The van der Waals surface area contributed by atoms with E-state index < -0.39 is 0 Å². The van der Waals surface area contributed by atoms with Gasteiger partial charge in [-0.15, -0.1) is 0 Å². The molecule has 1 rings (SSSR count). The van der Waals surface area contributed by atoms with E-state index in [9.17, 15) is 0 Å². The predicted octanol–water partition coefficient (Wildman–Crippen LogP) is 2.53. The van der Waals surface area contributed by atoms with Crippen LogP contribution in [-0.2, 0) is 0 Å². The fourth-order valence-corrected chi connectivity index (χ4v) is 2.34. The number of nitrogens with one attached hydrogen (secondary N) is 1. The lowest BCUT2D eigenvalue weighted by molar-refractivity contribution is 0.412. The number of anilines is 1. The summed E-state index contributed by atoms with van der Waals surface area (Å²) >= 11 is 0. The summed E-state index contributed by atoms with van der Waals surface area (Å²) in [7, 11) is 4.23. The zero-order valence-corrected chi connectivity index (χ0v) is 13.7. The molecule has 0 bridgehead atoms. The van der Waals surface area contributed by atoms with Gasteiger partial charge in [0.25, 0.3) is 0 Å². The molecule has 0 saturated carbocycles. The SMILES string of the molecule is CCCN(CCN(C)C)c1ncccc1C(C)NCC. The minimum Gasteiger partial charge on any atom is -0.355 e. The molecular formula is C16H30N4. The molecule has 0 spiro atoms. The summed E-state index contributed by atoms with van der Waals surface area (Å²) < 4.78 is 0. The summed E-state index contributed by atoms with van der Waals surface area (Å²) in [4.78, 5) is 9.27. The van der Waals surface area contributed by atoms with Crippen LogP contribution in [0.1, 0.15) is 38.8 Å². The molecule has 20 heavy (non-hydrogen) atoms. The largest absolute Gasteiger partial charge is 0.355 e. The standard InChI is InChI=1S/C16H30N4/c1-6-11-20(13-12-19(4)5)16-15(9-8-10-18-16)14(3)17-7-2/h8-10,14,17H,6-7,11-13H2,1-5H3. The molecule has 1 aromatic rings. The van der Waals surface area contributed by atoms with E-state index in [1.165, 1.54) is 5.56 Å². The number of hydrogen-bond acceptors (Lipinski definition) is 4. The van der Waals surface area contributed by atoms with E-state index in [1.54, 1.807) is 0 Å². The molecule has 4 nitrogen and oxygen atoms in total. The van der Waals surface area contributed by atoms with Crippen LogP contribution in [0.3, 0.4) is 0 Å². The highest BCUT2D eigenvalue weighted by molar-refractivity contribution is 5.48. The average Bonchev–Trinajstić information content (AvgIpc) is 2.43. The molecule has 114 valence electrons. The first-order valence-corrected chi connectivity index (χ1v) is 7.68. The number of nitrogens with zero attached hydrogens (tertiary/aromatic N) is 3. The van der Waals surface area contributed by atoms with Crippen LogP contribution >= 0.6 is 0 Å². The van der Waals surface area contributed by atoms with E-state index in [1.807, 2.05) is 12.3 Å². The zero-order chi connectivity index (χ0) is 15.0. The average molecular weight is 278 g/mol. The summed E-state index contributed by atoms with van der Waals surface area (Å²) in [5.74, 6) is 1.13. The fraction of sp³-hybridized carbons (Fsp3) is 0.688. The van der Waals surface area contributed by atoms with Crippen molar-refractivity contribution in [2.45, 2.75) is 33.2 Å². The van der Waals surface area contributed by atoms with Gasteiger partial charge < -0.3 is 15.1 Å². The van der Waals surface area contributed by atoms with Gasteiger partial charge in [0, 0.05) is 37.4 Å². The minimum absolute atomic E-state index is 0.336. The molecule has 0 fully saturated rings. The lowest BCUT2D eigenvalue weighted by atomic mass is 10.1. The van der Waals surface area contributed by atoms with Crippen molar-refractivity contribution in [3.63, 3.8) is 0 Å². The lowest BCUT2D eigenvalue weighted by Crippen LogP contribution is -2.34. The molecular weight excluding hydrogens is 248 g/mol. The third kappa shape index (κ3) is 5.10. The lowest BCUT2D eigenvalue weighted by Gasteiger charge is -2.28. The second-order valence-electron chi connectivity index (χ2n) is 5.49. The van der Waals surface area contributed by atoms with Gasteiger partial charge in [-0.3, -0.25) is 0 Å². The summed E-state index contributed by atoms with van der Waals surface area (Å²) in [5, 5.41) is 3.49. The smallest absolute Gasteiger partial charge is 0.133 e. The second kappa shape index (κ2) is 8.93. The number of likely N-dealkylation sites (N-methyl/N-ethyl adjacent to an activating group) is 1. The van der Waals surface area contributed by atoms with Crippen LogP contribution in [0.15, 0.2) is 18.3 Å². The Hall–Kier alpha value is -1.13. The van der Waals surface area contributed by atoms with Crippen molar-refractivity contribution in [3.05, 3.63) is 23.9 Å². The summed E-state index contributed by atoms with van der Waals surface area (Å²) in [6.45, 7) is 10.7. The van der Waals surface area contributed by atoms with Gasteiger partial charge >= 0.3 is 0 Å². The van der Waals surface area contributed by atoms with Crippen molar-refractivity contribution in [3.8, 4) is 0 Å². The van der Waals surface area contributed by atoms with Gasteiger partial charge in [0.2, 0.25) is 0 Å². The van der Waals surface area contributed by atoms with Crippen molar-refractivity contribution in [2.24, 2.45) is 0 Å². The van der Waals surface area contributed by atoms with E-state index in [-0.39, 0.29) is 0 Å². The molecule has 0 radical (unpaired) electrons. The van der Waals surface area contributed by atoms with Gasteiger partial charge in [0.15, 0.2) is 0 Å². The monoisotopic (exact) mass is 278 g/mol. The fourth-order valence-electron chi connectivity index (χ4n) is 2.34. The third-order valence-corrected chi connectivity index (χ3v) is 3.40. The highest BCUT2D eigenvalue weighted by Crippen LogP contribution is 2.23. The van der Waals surface area contributed by atoms with Gasteiger partial charge in [-0.05, 0) is 40.1 Å². The van der Waals surface area contributed by atoms with Crippen LogP contribution in [0.4, 0.5) is 5.82 Å². The molecule has 0 aliphatic carbocycles. The second-order valence-corrected chi connectivity index (χ2v) is 5.49.